The van der Waals surface area contributed by atoms with Crippen LogP contribution in [0.1, 0.15) is 96.8 Å². The number of unbranched alkanes of at least 4 members (excludes halogenated alkanes) is 9. The molecule has 0 aromatic carbocycles. The fraction of sp³-hybridized carbons (Fsp3) is 0.741. The summed E-state index contributed by atoms with van der Waals surface area (Å²) in [4.78, 5) is 34.3. The van der Waals surface area contributed by atoms with Crippen molar-refractivity contribution in [3.63, 3.8) is 0 Å². The highest BCUT2D eigenvalue weighted by molar-refractivity contribution is 5.81. The number of aliphatic hydroxyl groups is 2. The Bertz CT molecular complexity index is 604. The Balaban J connectivity index is 4.00. The minimum absolute atomic E-state index is 0.227. The molecule has 0 aliphatic heterocycles. The highest BCUT2D eigenvalue weighted by Crippen LogP contribution is 2.18. The lowest BCUT2D eigenvalue weighted by Crippen LogP contribution is -2.31. The van der Waals surface area contributed by atoms with Crippen molar-refractivity contribution in [3.8, 4) is 0 Å². The van der Waals surface area contributed by atoms with E-state index in [9.17, 15) is 24.6 Å². The van der Waals surface area contributed by atoms with Crippen molar-refractivity contribution in [2.45, 2.75) is 115 Å². The summed E-state index contributed by atoms with van der Waals surface area (Å²) in [7, 11) is 0. The smallest absolute Gasteiger partial charge is 0.330 e. The summed E-state index contributed by atoms with van der Waals surface area (Å²) in [5.74, 6) is -1.57. The summed E-state index contributed by atoms with van der Waals surface area (Å²) in [6.45, 7) is 8.38. The van der Waals surface area contributed by atoms with Crippen molar-refractivity contribution in [1.82, 2.24) is 0 Å². The Labute approximate surface area is 210 Å². The molecule has 3 unspecified atom stereocenters. The van der Waals surface area contributed by atoms with Gasteiger partial charge in [-0.25, -0.2) is 9.59 Å². The average Bonchev–Trinajstić information content (AvgIpc) is 2.86. The number of carbonyl (C=O) groups excluding carboxylic acids is 3. The molecule has 0 aliphatic carbocycles. The van der Waals surface area contributed by atoms with Crippen LogP contribution in [0.3, 0.4) is 0 Å². The highest BCUT2D eigenvalue weighted by Gasteiger charge is 2.22. The number of rotatable bonds is 23. The fourth-order valence-corrected chi connectivity index (χ4v) is 3.54. The Morgan fingerprint density at radius 2 is 1.29 bits per heavy atom. The molecule has 0 aromatic heterocycles. The average molecular weight is 499 g/mol. The predicted molar refractivity (Wildman–Crippen MR) is 135 cm³/mol. The standard InChI is InChI=1S/C27H46O8/c1-4-7-8-9-11-14-17-23(29)24(35-26(31)6-3)18-15-12-10-13-16-19-27(32)34-21-22(28)20-33-25(30)5-2/h5-6,22-24,28-29H,2-4,7-21H2,1H3. The predicted octanol–water partition coefficient (Wildman–Crippen LogP) is 4.56. The Morgan fingerprint density at radius 1 is 0.743 bits per heavy atom. The first kappa shape index (κ1) is 32.8. The number of esters is 3. The van der Waals surface area contributed by atoms with Crippen LogP contribution in [0.25, 0.3) is 0 Å². The molecule has 2 N–H and O–H groups in total. The quantitative estimate of drug-likeness (QED) is 0.0911. The molecule has 202 valence electrons. The summed E-state index contributed by atoms with van der Waals surface area (Å²) in [5.41, 5.74) is 0. The minimum Gasteiger partial charge on any atom is -0.463 e. The molecule has 0 aliphatic rings. The maximum absolute atomic E-state index is 11.7. The molecule has 0 spiro atoms. The molecule has 0 heterocycles. The van der Waals surface area contributed by atoms with Crippen molar-refractivity contribution in [2.24, 2.45) is 0 Å². The van der Waals surface area contributed by atoms with Crippen LogP contribution in [0.2, 0.25) is 0 Å². The van der Waals surface area contributed by atoms with Gasteiger partial charge in [-0.2, -0.15) is 0 Å². The summed E-state index contributed by atoms with van der Waals surface area (Å²) < 4.78 is 15.0. The third-order valence-corrected chi connectivity index (χ3v) is 5.61. The number of carbonyl (C=O) groups is 3. The van der Waals surface area contributed by atoms with E-state index in [0.29, 0.717) is 19.3 Å². The van der Waals surface area contributed by atoms with Gasteiger partial charge in [0.2, 0.25) is 0 Å². The van der Waals surface area contributed by atoms with E-state index in [1.807, 2.05) is 0 Å². The number of hydrogen-bond donors (Lipinski definition) is 2. The molecule has 0 radical (unpaired) electrons. The third kappa shape index (κ3) is 19.8. The van der Waals surface area contributed by atoms with Gasteiger partial charge in [-0.1, -0.05) is 77.9 Å². The SMILES string of the molecule is C=CC(=O)OCC(O)COC(=O)CCCCCCCC(OC(=O)C=C)C(O)CCCCCCCC. The molecule has 0 amide bonds. The molecule has 0 saturated heterocycles. The number of hydrogen-bond acceptors (Lipinski definition) is 8. The molecular weight excluding hydrogens is 452 g/mol. The molecule has 8 heteroatoms. The van der Waals surface area contributed by atoms with Crippen molar-refractivity contribution in [1.29, 1.82) is 0 Å². The zero-order valence-corrected chi connectivity index (χ0v) is 21.5. The maximum Gasteiger partial charge on any atom is 0.330 e. The lowest BCUT2D eigenvalue weighted by molar-refractivity contribution is -0.151. The normalized spacial score (nSPS) is 13.3. The lowest BCUT2D eigenvalue weighted by atomic mass is 9.99. The second kappa shape index (κ2) is 22.3. The molecule has 35 heavy (non-hydrogen) atoms. The minimum atomic E-state index is -1.07. The van der Waals surface area contributed by atoms with E-state index in [-0.39, 0.29) is 19.6 Å². The van der Waals surface area contributed by atoms with Crippen LogP contribution in [0.5, 0.6) is 0 Å². The van der Waals surface area contributed by atoms with Gasteiger partial charge in [-0.15, -0.1) is 0 Å². The number of ether oxygens (including phenoxy) is 3. The number of aliphatic hydroxyl groups excluding tert-OH is 2. The lowest BCUT2D eigenvalue weighted by Gasteiger charge is -2.23. The van der Waals surface area contributed by atoms with Gasteiger partial charge in [0.05, 0.1) is 6.10 Å². The van der Waals surface area contributed by atoms with Crippen LogP contribution in [0.15, 0.2) is 25.3 Å². The van der Waals surface area contributed by atoms with Crippen LogP contribution in [0.4, 0.5) is 0 Å². The fourth-order valence-electron chi connectivity index (χ4n) is 3.54. The summed E-state index contributed by atoms with van der Waals surface area (Å²) in [6.07, 6.45) is 12.2. The molecule has 0 aromatic rings. The Kier molecular flexibility index (Phi) is 20.9. The van der Waals surface area contributed by atoms with E-state index >= 15 is 0 Å². The Hall–Kier alpha value is -2.19. The van der Waals surface area contributed by atoms with Crippen LogP contribution in [-0.4, -0.2) is 59.6 Å². The van der Waals surface area contributed by atoms with E-state index in [4.69, 9.17) is 9.47 Å². The molecule has 0 fully saturated rings. The first-order valence-corrected chi connectivity index (χ1v) is 13.0. The van der Waals surface area contributed by atoms with Gasteiger partial charge in [-0.3, -0.25) is 4.79 Å². The largest absolute Gasteiger partial charge is 0.463 e. The van der Waals surface area contributed by atoms with Gasteiger partial charge in [0.25, 0.3) is 0 Å². The monoisotopic (exact) mass is 498 g/mol. The van der Waals surface area contributed by atoms with Gasteiger partial charge in [-0.05, 0) is 25.7 Å². The molecular formula is C27H46O8. The molecule has 3 atom stereocenters. The molecule has 0 bridgehead atoms. The van der Waals surface area contributed by atoms with Gasteiger partial charge >= 0.3 is 17.9 Å². The van der Waals surface area contributed by atoms with Gasteiger partial charge < -0.3 is 24.4 Å². The first-order valence-electron chi connectivity index (χ1n) is 13.0. The van der Waals surface area contributed by atoms with Crippen LogP contribution in [-0.2, 0) is 28.6 Å². The van der Waals surface area contributed by atoms with Gasteiger partial charge in [0.1, 0.15) is 25.4 Å². The van der Waals surface area contributed by atoms with Gasteiger partial charge in [0, 0.05) is 18.6 Å². The van der Waals surface area contributed by atoms with E-state index in [0.717, 1.165) is 57.1 Å². The topological polar surface area (TPSA) is 119 Å². The molecule has 8 nitrogen and oxygen atoms in total. The van der Waals surface area contributed by atoms with Crippen LogP contribution in [0, 0.1) is 0 Å². The van der Waals surface area contributed by atoms with Crippen molar-refractivity contribution in [2.75, 3.05) is 13.2 Å². The second-order valence-electron chi connectivity index (χ2n) is 8.78. The van der Waals surface area contributed by atoms with E-state index in [1.54, 1.807) is 0 Å². The summed E-state index contributed by atoms with van der Waals surface area (Å²) in [6, 6.07) is 0. The summed E-state index contributed by atoms with van der Waals surface area (Å²) in [5, 5.41) is 20.1. The molecule has 0 saturated carbocycles. The Morgan fingerprint density at radius 3 is 1.91 bits per heavy atom. The maximum atomic E-state index is 11.7. The van der Waals surface area contributed by atoms with Crippen LogP contribution < -0.4 is 0 Å². The molecule has 0 rings (SSSR count). The van der Waals surface area contributed by atoms with Crippen LogP contribution >= 0.6 is 0 Å². The second-order valence-corrected chi connectivity index (χ2v) is 8.78. The zero-order chi connectivity index (χ0) is 26.3. The van der Waals surface area contributed by atoms with Gasteiger partial charge in [0.15, 0.2) is 0 Å². The zero-order valence-electron chi connectivity index (χ0n) is 21.5. The highest BCUT2D eigenvalue weighted by atomic mass is 16.6. The third-order valence-electron chi connectivity index (χ3n) is 5.61. The van der Waals surface area contributed by atoms with Crippen molar-refractivity contribution in [3.05, 3.63) is 25.3 Å². The van der Waals surface area contributed by atoms with Crippen molar-refractivity contribution < 1.29 is 38.8 Å². The van der Waals surface area contributed by atoms with E-state index in [2.05, 4.69) is 24.8 Å². The van der Waals surface area contributed by atoms with E-state index < -0.39 is 36.2 Å². The van der Waals surface area contributed by atoms with Crippen molar-refractivity contribution >= 4 is 17.9 Å². The summed E-state index contributed by atoms with van der Waals surface area (Å²) >= 11 is 0. The first-order chi connectivity index (χ1) is 16.8. The van der Waals surface area contributed by atoms with E-state index in [1.165, 1.54) is 19.3 Å².